The summed E-state index contributed by atoms with van der Waals surface area (Å²) in [6.07, 6.45) is 0.502. The molecule has 0 bridgehead atoms. The highest BCUT2D eigenvalue weighted by Crippen LogP contribution is 2.20. The molecule has 0 saturated heterocycles. The van der Waals surface area contributed by atoms with E-state index < -0.39 is 10.0 Å². The third-order valence-electron chi connectivity index (χ3n) is 5.17. The molecule has 32 heavy (non-hydrogen) atoms. The van der Waals surface area contributed by atoms with Crippen molar-refractivity contribution in [1.29, 1.82) is 0 Å². The predicted octanol–water partition coefficient (Wildman–Crippen LogP) is 5.59. The van der Waals surface area contributed by atoms with Gasteiger partial charge in [0.2, 0.25) is 0 Å². The topological polar surface area (TPSA) is 58.5 Å². The summed E-state index contributed by atoms with van der Waals surface area (Å²) >= 11 is 0. The van der Waals surface area contributed by atoms with Gasteiger partial charge in [-0.3, -0.25) is 0 Å². The van der Waals surface area contributed by atoms with Crippen LogP contribution < -0.4 is 4.83 Å². The van der Waals surface area contributed by atoms with E-state index in [2.05, 4.69) is 22.1 Å². The molecule has 0 aliphatic heterocycles. The minimum Gasteiger partial charge on any atom is -0.200 e. The van der Waals surface area contributed by atoms with Gasteiger partial charge in [0.1, 0.15) is 0 Å². The second-order valence-electron chi connectivity index (χ2n) is 7.57. The summed E-state index contributed by atoms with van der Waals surface area (Å²) in [6, 6.07) is 34.7. The van der Waals surface area contributed by atoms with Crippen LogP contribution >= 0.6 is 0 Å². The lowest BCUT2D eigenvalue weighted by atomic mass is 9.99. The Labute approximate surface area is 189 Å². The molecule has 4 rings (SSSR count). The molecular formula is C27H24N2O2S. The Balaban J connectivity index is 1.65. The third kappa shape index (κ3) is 5.31. The van der Waals surface area contributed by atoms with Gasteiger partial charge in [0, 0.05) is 6.42 Å². The Kier molecular flexibility index (Phi) is 6.47. The summed E-state index contributed by atoms with van der Waals surface area (Å²) in [5.41, 5.74) is 5.77. The lowest BCUT2D eigenvalue weighted by Gasteiger charge is -2.10. The molecule has 0 radical (unpaired) electrons. The van der Waals surface area contributed by atoms with Crippen LogP contribution in [0.4, 0.5) is 0 Å². The van der Waals surface area contributed by atoms with E-state index in [4.69, 9.17) is 0 Å². The number of hydrogen-bond donors (Lipinski definition) is 1. The molecular weight excluding hydrogens is 416 g/mol. The van der Waals surface area contributed by atoms with Crippen molar-refractivity contribution in [2.24, 2.45) is 5.10 Å². The highest BCUT2D eigenvalue weighted by Gasteiger charge is 2.14. The number of aryl methyl sites for hydroxylation is 1. The summed E-state index contributed by atoms with van der Waals surface area (Å²) in [6.45, 7) is 1.92. The number of rotatable bonds is 7. The maximum atomic E-state index is 12.8. The molecule has 0 heterocycles. The van der Waals surface area contributed by atoms with E-state index in [1.807, 2.05) is 79.7 Å². The lowest BCUT2D eigenvalue weighted by molar-refractivity contribution is 0.584. The van der Waals surface area contributed by atoms with Crippen molar-refractivity contribution in [3.8, 4) is 11.1 Å². The van der Waals surface area contributed by atoms with E-state index in [-0.39, 0.29) is 4.90 Å². The Morgan fingerprint density at radius 3 is 1.91 bits per heavy atom. The molecule has 4 nitrogen and oxygen atoms in total. The first-order valence-electron chi connectivity index (χ1n) is 10.4. The van der Waals surface area contributed by atoms with Gasteiger partial charge in [-0.2, -0.15) is 18.4 Å². The molecule has 0 aliphatic carbocycles. The van der Waals surface area contributed by atoms with Gasteiger partial charge in [-0.05, 0) is 41.3 Å². The van der Waals surface area contributed by atoms with E-state index in [0.717, 1.165) is 27.8 Å². The maximum absolute atomic E-state index is 12.8. The van der Waals surface area contributed by atoms with Crippen molar-refractivity contribution in [2.75, 3.05) is 0 Å². The highest BCUT2D eigenvalue weighted by molar-refractivity contribution is 7.89. The zero-order valence-corrected chi connectivity index (χ0v) is 18.6. The number of hydrazone groups is 1. The first-order valence-corrected chi connectivity index (χ1v) is 11.8. The van der Waals surface area contributed by atoms with Crippen LogP contribution in [0.15, 0.2) is 119 Å². The Hall–Kier alpha value is -3.70. The average molecular weight is 441 g/mol. The van der Waals surface area contributed by atoms with Crippen LogP contribution in [0.5, 0.6) is 0 Å². The smallest absolute Gasteiger partial charge is 0.200 e. The molecule has 0 aliphatic rings. The molecule has 0 atom stereocenters. The van der Waals surface area contributed by atoms with Crippen LogP contribution in [0.3, 0.4) is 0 Å². The number of nitrogens with one attached hydrogen (secondary N) is 1. The van der Waals surface area contributed by atoms with Crippen LogP contribution in [-0.4, -0.2) is 14.1 Å². The zero-order valence-electron chi connectivity index (χ0n) is 17.8. The van der Waals surface area contributed by atoms with Gasteiger partial charge in [-0.15, -0.1) is 0 Å². The third-order valence-corrected chi connectivity index (χ3v) is 6.40. The van der Waals surface area contributed by atoms with Crippen molar-refractivity contribution in [2.45, 2.75) is 18.2 Å². The quantitative estimate of drug-likeness (QED) is 0.301. The Morgan fingerprint density at radius 2 is 1.28 bits per heavy atom. The zero-order chi connectivity index (χ0) is 22.4. The van der Waals surface area contributed by atoms with Crippen molar-refractivity contribution in [3.63, 3.8) is 0 Å². The van der Waals surface area contributed by atoms with E-state index in [9.17, 15) is 8.42 Å². The fourth-order valence-corrected chi connectivity index (χ4v) is 4.20. The minimum absolute atomic E-state index is 0.185. The van der Waals surface area contributed by atoms with E-state index >= 15 is 0 Å². The summed E-state index contributed by atoms with van der Waals surface area (Å²) in [5.74, 6) is 0. The second kappa shape index (κ2) is 9.62. The molecule has 4 aromatic rings. The predicted molar refractivity (Wildman–Crippen MR) is 130 cm³/mol. The lowest BCUT2D eigenvalue weighted by Crippen LogP contribution is -2.21. The van der Waals surface area contributed by atoms with Gasteiger partial charge in [0.15, 0.2) is 0 Å². The monoisotopic (exact) mass is 440 g/mol. The van der Waals surface area contributed by atoms with Crippen LogP contribution in [0, 0.1) is 6.92 Å². The van der Waals surface area contributed by atoms with E-state index in [1.165, 1.54) is 0 Å². The van der Waals surface area contributed by atoms with Crippen molar-refractivity contribution in [1.82, 2.24) is 4.83 Å². The van der Waals surface area contributed by atoms with Gasteiger partial charge >= 0.3 is 0 Å². The molecule has 0 unspecified atom stereocenters. The largest absolute Gasteiger partial charge is 0.276 e. The van der Waals surface area contributed by atoms with Gasteiger partial charge in [0.05, 0.1) is 10.6 Å². The van der Waals surface area contributed by atoms with Crippen molar-refractivity contribution >= 4 is 15.7 Å². The fraction of sp³-hybridized carbons (Fsp3) is 0.0741. The molecule has 0 fully saturated rings. The van der Waals surface area contributed by atoms with E-state index in [1.54, 1.807) is 24.3 Å². The molecule has 0 saturated carbocycles. The highest BCUT2D eigenvalue weighted by atomic mass is 32.2. The average Bonchev–Trinajstić information content (AvgIpc) is 2.83. The van der Waals surface area contributed by atoms with Gasteiger partial charge in [-0.25, -0.2) is 0 Å². The van der Waals surface area contributed by atoms with Crippen LogP contribution in [0.2, 0.25) is 0 Å². The van der Waals surface area contributed by atoms with Crippen LogP contribution in [0.25, 0.3) is 11.1 Å². The number of nitrogens with zero attached hydrogens (tertiary/aromatic N) is 1. The Morgan fingerprint density at radius 1 is 0.719 bits per heavy atom. The normalized spacial score (nSPS) is 11.8. The van der Waals surface area contributed by atoms with E-state index in [0.29, 0.717) is 12.1 Å². The standard InChI is InChI=1S/C27H24N2O2S/c1-21-12-18-26(19-13-21)32(30,31)29-28-27(20-22-8-4-2-5-9-22)25-16-14-24(15-17-25)23-10-6-3-7-11-23/h2-19,29H,20H2,1H3. The summed E-state index contributed by atoms with van der Waals surface area (Å²) in [4.78, 5) is 2.61. The number of sulfonamides is 1. The molecule has 0 aromatic heterocycles. The van der Waals surface area contributed by atoms with Crippen molar-refractivity contribution < 1.29 is 8.42 Å². The molecule has 1 N–H and O–H groups in total. The molecule has 4 aromatic carbocycles. The van der Waals surface area contributed by atoms with Gasteiger partial charge in [-0.1, -0.05) is 103 Å². The molecule has 160 valence electrons. The van der Waals surface area contributed by atoms with Gasteiger partial charge < -0.3 is 0 Å². The summed E-state index contributed by atoms with van der Waals surface area (Å²) < 4.78 is 25.5. The van der Waals surface area contributed by atoms with Crippen molar-refractivity contribution in [3.05, 3.63) is 126 Å². The van der Waals surface area contributed by atoms with Crippen LogP contribution in [-0.2, 0) is 16.4 Å². The maximum Gasteiger partial charge on any atom is 0.276 e. The Bertz CT molecular complexity index is 1300. The summed E-state index contributed by atoms with van der Waals surface area (Å²) in [7, 11) is -3.76. The van der Waals surface area contributed by atoms with Gasteiger partial charge in [0.25, 0.3) is 10.0 Å². The summed E-state index contributed by atoms with van der Waals surface area (Å²) in [5, 5.41) is 4.34. The number of hydrogen-bond acceptors (Lipinski definition) is 3. The first-order chi connectivity index (χ1) is 15.5. The first kappa shape index (κ1) is 21.5. The second-order valence-corrected chi connectivity index (χ2v) is 9.23. The fourth-order valence-electron chi connectivity index (χ4n) is 3.37. The SMILES string of the molecule is Cc1ccc(S(=O)(=O)NN=C(Cc2ccccc2)c2ccc(-c3ccccc3)cc2)cc1. The molecule has 0 spiro atoms. The molecule has 5 heteroatoms. The number of benzene rings is 4. The minimum atomic E-state index is -3.76. The van der Waals surface area contributed by atoms with Crippen LogP contribution in [0.1, 0.15) is 16.7 Å². The molecule has 0 amide bonds.